The van der Waals surface area contributed by atoms with Crippen LogP contribution in [0.1, 0.15) is 61.7 Å². The molecule has 6 heteroatoms. The minimum Gasteiger partial charge on any atom is -0.381 e. The second kappa shape index (κ2) is 7.12. The fraction of sp³-hybridized carbons (Fsp3) is 0.632. The standard InChI is InChI=1S/C19H26N4O2/c1-25-15-4-2-14(3-5-15)18-21-17-16(6-9-20-19(17)22-18)13-7-10-23(12-24)11-8-13/h6,9,12-15H,2-5,7-8,10-11H2,1H3,(H,20,21,22). The molecule has 1 aliphatic carbocycles. The van der Waals surface area contributed by atoms with Crippen molar-refractivity contribution in [1.29, 1.82) is 0 Å². The molecule has 0 bridgehead atoms. The van der Waals surface area contributed by atoms with Gasteiger partial charge in [0.1, 0.15) is 11.3 Å². The molecule has 1 saturated carbocycles. The molecule has 1 aliphatic heterocycles. The molecule has 4 rings (SSSR count). The van der Waals surface area contributed by atoms with Crippen molar-refractivity contribution in [3.05, 3.63) is 23.7 Å². The number of carbonyl (C=O) groups is 1. The van der Waals surface area contributed by atoms with E-state index >= 15 is 0 Å². The molecule has 2 fully saturated rings. The van der Waals surface area contributed by atoms with Gasteiger partial charge in [-0.1, -0.05) is 0 Å². The molecular formula is C19H26N4O2. The lowest BCUT2D eigenvalue weighted by atomic mass is 9.87. The number of H-pyrrole nitrogens is 1. The number of carbonyl (C=O) groups excluding carboxylic acids is 1. The molecule has 134 valence electrons. The Labute approximate surface area is 148 Å². The van der Waals surface area contributed by atoms with Gasteiger partial charge >= 0.3 is 0 Å². The molecule has 0 unspecified atom stereocenters. The van der Waals surface area contributed by atoms with Crippen molar-refractivity contribution in [2.45, 2.75) is 56.5 Å². The maximum atomic E-state index is 10.9. The minimum absolute atomic E-state index is 0.400. The molecule has 1 amide bonds. The van der Waals surface area contributed by atoms with Crippen molar-refractivity contribution < 1.29 is 9.53 Å². The lowest BCUT2D eigenvalue weighted by Gasteiger charge is -2.29. The Morgan fingerprint density at radius 2 is 1.92 bits per heavy atom. The normalized spacial score (nSPS) is 25.4. The van der Waals surface area contributed by atoms with Crippen LogP contribution in [0.4, 0.5) is 0 Å². The molecule has 0 aromatic carbocycles. The van der Waals surface area contributed by atoms with Crippen LogP contribution in [-0.4, -0.2) is 52.6 Å². The van der Waals surface area contributed by atoms with Gasteiger partial charge in [-0.25, -0.2) is 9.97 Å². The summed E-state index contributed by atoms with van der Waals surface area (Å²) in [7, 11) is 1.80. The molecule has 0 radical (unpaired) electrons. The number of rotatable bonds is 4. The van der Waals surface area contributed by atoms with Gasteiger partial charge in [-0.05, 0) is 56.1 Å². The van der Waals surface area contributed by atoms with Crippen molar-refractivity contribution in [3.8, 4) is 0 Å². The van der Waals surface area contributed by atoms with Crippen molar-refractivity contribution in [3.63, 3.8) is 0 Å². The fourth-order valence-electron chi connectivity index (χ4n) is 4.36. The third-order valence-electron chi connectivity index (χ3n) is 5.95. The van der Waals surface area contributed by atoms with Gasteiger partial charge in [0.15, 0.2) is 5.65 Å². The lowest BCUT2D eigenvalue weighted by Crippen LogP contribution is -2.31. The Balaban J connectivity index is 1.56. The summed E-state index contributed by atoms with van der Waals surface area (Å²) in [5.41, 5.74) is 3.21. The zero-order chi connectivity index (χ0) is 17.2. The Kier molecular flexibility index (Phi) is 4.70. The average molecular weight is 342 g/mol. The highest BCUT2D eigenvalue weighted by Crippen LogP contribution is 2.35. The third kappa shape index (κ3) is 3.27. The van der Waals surface area contributed by atoms with E-state index in [2.05, 4.69) is 16.0 Å². The number of pyridine rings is 1. The summed E-state index contributed by atoms with van der Waals surface area (Å²) >= 11 is 0. The molecule has 3 heterocycles. The average Bonchev–Trinajstić information content (AvgIpc) is 3.12. The van der Waals surface area contributed by atoms with E-state index in [4.69, 9.17) is 9.72 Å². The highest BCUT2D eigenvalue weighted by Gasteiger charge is 2.27. The van der Waals surface area contributed by atoms with Crippen LogP contribution in [0.15, 0.2) is 12.3 Å². The lowest BCUT2D eigenvalue weighted by molar-refractivity contribution is -0.119. The molecule has 6 nitrogen and oxygen atoms in total. The van der Waals surface area contributed by atoms with E-state index in [0.29, 0.717) is 17.9 Å². The zero-order valence-electron chi connectivity index (χ0n) is 14.8. The van der Waals surface area contributed by atoms with E-state index < -0.39 is 0 Å². The van der Waals surface area contributed by atoms with Crippen LogP contribution in [0.2, 0.25) is 0 Å². The van der Waals surface area contributed by atoms with Gasteiger partial charge in [0.2, 0.25) is 6.41 Å². The summed E-state index contributed by atoms with van der Waals surface area (Å²) < 4.78 is 5.48. The molecule has 1 N–H and O–H groups in total. The first-order valence-electron chi connectivity index (χ1n) is 9.35. The monoisotopic (exact) mass is 342 g/mol. The fourth-order valence-corrected chi connectivity index (χ4v) is 4.36. The first kappa shape index (κ1) is 16.5. The van der Waals surface area contributed by atoms with Gasteiger partial charge < -0.3 is 14.6 Å². The smallest absolute Gasteiger partial charge is 0.209 e. The summed E-state index contributed by atoms with van der Waals surface area (Å²) in [5.74, 6) is 2.02. The first-order chi connectivity index (χ1) is 12.3. The van der Waals surface area contributed by atoms with Crippen LogP contribution < -0.4 is 0 Å². The van der Waals surface area contributed by atoms with Crippen molar-refractivity contribution in [1.82, 2.24) is 19.9 Å². The van der Waals surface area contributed by atoms with Crippen LogP contribution in [0.5, 0.6) is 0 Å². The van der Waals surface area contributed by atoms with Crippen molar-refractivity contribution in [2.24, 2.45) is 0 Å². The number of hydrogen-bond donors (Lipinski definition) is 1. The summed E-state index contributed by atoms with van der Waals surface area (Å²) in [6.45, 7) is 1.66. The molecule has 0 atom stereocenters. The van der Waals surface area contributed by atoms with Crippen LogP contribution in [0.25, 0.3) is 11.2 Å². The van der Waals surface area contributed by atoms with Gasteiger partial charge in [-0.2, -0.15) is 0 Å². The number of aromatic nitrogens is 3. The van der Waals surface area contributed by atoms with Crippen molar-refractivity contribution >= 4 is 17.6 Å². The van der Waals surface area contributed by atoms with Gasteiger partial charge in [0.05, 0.1) is 6.10 Å². The first-order valence-corrected chi connectivity index (χ1v) is 9.35. The predicted molar refractivity (Wildman–Crippen MR) is 95.5 cm³/mol. The van der Waals surface area contributed by atoms with Crippen LogP contribution in [0.3, 0.4) is 0 Å². The number of nitrogens with zero attached hydrogens (tertiary/aromatic N) is 3. The maximum absolute atomic E-state index is 10.9. The predicted octanol–water partition coefficient (Wildman–Crippen LogP) is 2.97. The van der Waals surface area contributed by atoms with Crippen LogP contribution >= 0.6 is 0 Å². The quantitative estimate of drug-likeness (QED) is 0.867. The highest BCUT2D eigenvalue weighted by molar-refractivity contribution is 5.75. The Morgan fingerprint density at radius 3 is 2.60 bits per heavy atom. The highest BCUT2D eigenvalue weighted by atomic mass is 16.5. The van der Waals surface area contributed by atoms with Crippen LogP contribution in [-0.2, 0) is 9.53 Å². The number of piperidine rings is 1. The minimum atomic E-state index is 0.400. The second-order valence-electron chi connectivity index (χ2n) is 7.34. The molecule has 2 aromatic rings. The van der Waals surface area contributed by atoms with E-state index in [9.17, 15) is 4.79 Å². The Hall–Kier alpha value is -1.95. The number of imidazole rings is 1. The number of hydrogen-bond acceptors (Lipinski definition) is 4. The van der Waals surface area contributed by atoms with Gasteiger partial charge in [0, 0.05) is 32.3 Å². The number of methoxy groups -OCH3 is 1. The third-order valence-corrected chi connectivity index (χ3v) is 5.95. The SMILES string of the molecule is COC1CCC(c2nc3c(C4CCN(C=O)CC4)ccnc3[nH]2)CC1. The van der Waals surface area contributed by atoms with Crippen molar-refractivity contribution in [2.75, 3.05) is 20.2 Å². The van der Waals surface area contributed by atoms with E-state index in [-0.39, 0.29) is 0 Å². The molecule has 0 spiro atoms. The number of amides is 1. The zero-order valence-corrected chi connectivity index (χ0v) is 14.8. The largest absolute Gasteiger partial charge is 0.381 e. The Morgan fingerprint density at radius 1 is 1.16 bits per heavy atom. The Bertz CT molecular complexity index is 728. The number of likely N-dealkylation sites (tertiary alicyclic amines) is 1. The number of nitrogens with one attached hydrogen (secondary N) is 1. The van der Waals surface area contributed by atoms with E-state index in [1.54, 1.807) is 7.11 Å². The summed E-state index contributed by atoms with van der Waals surface area (Å²) in [6.07, 6.45) is 9.67. The van der Waals surface area contributed by atoms with Gasteiger partial charge in [-0.3, -0.25) is 4.79 Å². The summed E-state index contributed by atoms with van der Waals surface area (Å²) in [4.78, 5) is 25.7. The van der Waals surface area contributed by atoms with E-state index in [0.717, 1.165) is 75.0 Å². The topological polar surface area (TPSA) is 71.1 Å². The van der Waals surface area contributed by atoms with E-state index in [1.807, 2.05) is 11.1 Å². The number of aromatic amines is 1. The molecule has 1 saturated heterocycles. The second-order valence-corrected chi connectivity index (χ2v) is 7.34. The van der Waals surface area contributed by atoms with Gasteiger partial charge in [-0.15, -0.1) is 0 Å². The van der Waals surface area contributed by atoms with E-state index in [1.165, 1.54) is 5.56 Å². The number of ether oxygens (including phenoxy) is 1. The van der Waals surface area contributed by atoms with Gasteiger partial charge in [0.25, 0.3) is 0 Å². The maximum Gasteiger partial charge on any atom is 0.209 e. The molecular weight excluding hydrogens is 316 g/mol. The van der Waals surface area contributed by atoms with Crippen LogP contribution in [0, 0.1) is 0 Å². The molecule has 25 heavy (non-hydrogen) atoms. The summed E-state index contributed by atoms with van der Waals surface area (Å²) in [5, 5.41) is 0. The molecule has 2 aromatic heterocycles. The summed E-state index contributed by atoms with van der Waals surface area (Å²) in [6, 6.07) is 2.11. The molecule has 2 aliphatic rings. The number of fused-ring (bicyclic) bond motifs is 1.